The van der Waals surface area contributed by atoms with Crippen LogP contribution < -0.4 is 11.1 Å². The zero-order chi connectivity index (χ0) is 14.0. The van der Waals surface area contributed by atoms with Crippen molar-refractivity contribution in [1.82, 2.24) is 0 Å². The lowest BCUT2D eigenvalue weighted by Crippen LogP contribution is -2.13. The van der Waals surface area contributed by atoms with Crippen LogP contribution in [0.3, 0.4) is 0 Å². The number of aryl methyl sites for hydroxylation is 1. The van der Waals surface area contributed by atoms with Crippen LogP contribution in [0.2, 0.25) is 0 Å². The highest BCUT2D eigenvalue weighted by Gasteiger charge is 2.12. The zero-order valence-electron chi connectivity index (χ0n) is 10.1. The monoisotopic (exact) mass is 354 g/mol. The van der Waals surface area contributed by atoms with E-state index in [4.69, 9.17) is 18.0 Å². The van der Waals surface area contributed by atoms with Gasteiger partial charge >= 0.3 is 0 Å². The summed E-state index contributed by atoms with van der Waals surface area (Å²) in [6, 6.07) is 7.27. The van der Waals surface area contributed by atoms with Crippen molar-refractivity contribution in [2.45, 2.75) is 6.92 Å². The van der Waals surface area contributed by atoms with Crippen LogP contribution in [-0.4, -0.2) is 10.9 Å². The summed E-state index contributed by atoms with van der Waals surface area (Å²) in [4.78, 5) is 13.1. The molecule has 0 aliphatic heterocycles. The number of carbonyl (C=O) groups excluding carboxylic acids is 1. The van der Waals surface area contributed by atoms with E-state index in [1.54, 1.807) is 18.2 Å². The highest BCUT2D eigenvalue weighted by Crippen LogP contribution is 2.25. The summed E-state index contributed by atoms with van der Waals surface area (Å²) in [5, 5.41) is 4.76. The molecule has 98 valence electrons. The predicted molar refractivity (Wildman–Crippen MR) is 87.0 cm³/mol. The Morgan fingerprint density at radius 3 is 2.68 bits per heavy atom. The summed E-state index contributed by atoms with van der Waals surface area (Å²) in [6.07, 6.45) is 0. The van der Waals surface area contributed by atoms with Crippen molar-refractivity contribution >= 4 is 56.1 Å². The molecule has 1 aromatic carbocycles. The van der Waals surface area contributed by atoms with Gasteiger partial charge in [0.15, 0.2) is 0 Å². The Bertz CT molecular complexity index is 652. The first kappa shape index (κ1) is 14.2. The van der Waals surface area contributed by atoms with Crippen LogP contribution in [0.5, 0.6) is 0 Å². The highest BCUT2D eigenvalue weighted by atomic mass is 79.9. The van der Waals surface area contributed by atoms with Gasteiger partial charge < -0.3 is 11.1 Å². The minimum absolute atomic E-state index is 0.115. The molecule has 0 atom stereocenters. The lowest BCUT2D eigenvalue weighted by Gasteiger charge is -2.08. The minimum Gasteiger partial charge on any atom is -0.389 e. The van der Waals surface area contributed by atoms with Gasteiger partial charge in [-0.05, 0) is 58.1 Å². The molecule has 1 aromatic heterocycles. The molecule has 19 heavy (non-hydrogen) atoms. The first-order chi connectivity index (χ1) is 8.99. The maximum absolute atomic E-state index is 12.1. The largest absolute Gasteiger partial charge is 0.389 e. The van der Waals surface area contributed by atoms with Gasteiger partial charge in [-0.3, -0.25) is 4.79 Å². The van der Waals surface area contributed by atoms with Crippen molar-refractivity contribution in [3.63, 3.8) is 0 Å². The average molecular weight is 355 g/mol. The number of nitrogens with one attached hydrogen (secondary N) is 1. The Hall–Kier alpha value is -1.24. The van der Waals surface area contributed by atoms with Crippen molar-refractivity contribution in [2.75, 3.05) is 5.32 Å². The maximum atomic E-state index is 12.1. The Morgan fingerprint density at radius 2 is 2.16 bits per heavy atom. The van der Waals surface area contributed by atoms with Crippen LogP contribution in [0.1, 0.15) is 20.8 Å². The summed E-state index contributed by atoms with van der Waals surface area (Å²) < 4.78 is 0.750. The molecule has 6 heteroatoms. The molecule has 3 N–H and O–H groups in total. The zero-order valence-corrected chi connectivity index (χ0v) is 13.3. The second kappa shape index (κ2) is 5.81. The van der Waals surface area contributed by atoms with E-state index in [0.29, 0.717) is 15.6 Å². The van der Waals surface area contributed by atoms with Crippen LogP contribution in [0.4, 0.5) is 5.69 Å². The maximum Gasteiger partial charge on any atom is 0.266 e. The molecule has 0 radical (unpaired) electrons. The van der Waals surface area contributed by atoms with Crippen LogP contribution in [0, 0.1) is 6.92 Å². The molecule has 0 unspecified atom stereocenters. The number of hydrogen-bond donors (Lipinski definition) is 2. The summed E-state index contributed by atoms with van der Waals surface area (Å²) in [7, 11) is 0. The molecule has 0 fully saturated rings. The van der Waals surface area contributed by atoms with E-state index in [0.717, 1.165) is 15.6 Å². The van der Waals surface area contributed by atoms with Gasteiger partial charge in [-0.15, -0.1) is 11.3 Å². The lowest BCUT2D eigenvalue weighted by molar-refractivity contribution is 0.103. The van der Waals surface area contributed by atoms with Crippen molar-refractivity contribution in [1.29, 1.82) is 0 Å². The van der Waals surface area contributed by atoms with Crippen LogP contribution in [0.25, 0.3) is 0 Å². The molecule has 2 aromatic rings. The summed E-state index contributed by atoms with van der Waals surface area (Å²) >= 11 is 9.73. The number of rotatable bonds is 3. The van der Waals surface area contributed by atoms with E-state index in [2.05, 4.69) is 21.2 Å². The van der Waals surface area contributed by atoms with Gasteiger partial charge in [0.1, 0.15) is 4.99 Å². The second-order valence-electron chi connectivity index (χ2n) is 3.95. The van der Waals surface area contributed by atoms with E-state index < -0.39 is 0 Å². The van der Waals surface area contributed by atoms with Crippen LogP contribution in [0.15, 0.2) is 34.1 Å². The molecule has 0 saturated heterocycles. The molecule has 0 aliphatic carbocycles. The third-order valence-corrected chi connectivity index (χ3v) is 4.48. The van der Waals surface area contributed by atoms with Gasteiger partial charge in [-0.25, -0.2) is 0 Å². The summed E-state index contributed by atoms with van der Waals surface area (Å²) in [6.45, 7) is 1.91. The lowest BCUT2D eigenvalue weighted by atomic mass is 10.2. The fourth-order valence-corrected chi connectivity index (χ4v) is 2.98. The Balaban J connectivity index is 2.23. The summed E-state index contributed by atoms with van der Waals surface area (Å²) in [5.41, 5.74) is 7.98. The molecule has 1 heterocycles. The number of hydrogen-bond acceptors (Lipinski definition) is 3. The fourth-order valence-electron chi connectivity index (χ4n) is 1.55. The summed E-state index contributed by atoms with van der Waals surface area (Å²) in [5.74, 6) is -0.115. The minimum atomic E-state index is -0.115. The van der Waals surface area contributed by atoms with Gasteiger partial charge in [-0.1, -0.05) is 12.2 Å². The first-order valence-electron chi connectivity index (χ1n) is 5.44. The van der Waals surface area contributed by atoms with E-state index in [9.17, 15) is 4.79 Å². The second-order valence-corrected chi connectivity index (χ2v) is 6.16. The van der Waals surface area contributed by atoms with Crippen LogP contribution in [-0.2, 0) is 0 Å². The topological polar surface area (TPSA) is 55.1 Å². The van der Waals surface area contributed by atoms with Gasteiger partial charge in [0.2, 0.25) is 0 Å². The normalized spacial score (nSPS) is 10.2. The molecule has 1 amide bonds. The molecule has 0 spiro atoms. The molecular formula is C13H11BrN2OS2. The highest BCUT2D eigenvalue weighted by molar-refractivity contribution is 9.10. The molecular weight excluding hydrogens is 344 g/mol. The Labute approximate surface area is 129 Å². The SMILES string of the molecule is Cc1ccsc1C(=O)Nc1ccc(C(N)=S)cc1Br. The fraction of sp³-hybridized carbons (Fsp3) is 0.0769. The van der Waals surface area contributed by atoms with E-state index in [1.807, 2.05) is 18.4 Å². The Morgan fingerprint density at radius 1 is 1.42 bits per heavy atom. The number of nitrogens with two attached hydrogens (primary N) is 1. The van der Waals surface area contributed by atoms with Gasteiger partial charge in [0.05, 0.1) is 10.6 Å². The molecule has 3 nitrogen and oxygen atoms in total. The number of thiocarbonyl (C=S) groups is 1. The molecule has 0 bridgehead atoms. The van der Waals surface area contributed by atoms with E-state index >= 15 is 0 Å². The van der Waals surface area contributed by atoms with E-state index in [1.165, 1.54) is 11.3 Å². The average Bonchev–Trinajstić information content (AvgIpc) is 2.77. The predicted octanol–water partition coefficient (Wildman–Crippen LogP) is 3.71. The van der Waals surface area contributed by atoms with Gasteiger partial charge in [0.25, 0.3) is 5.91 Å². The van der Waals surface area contributed by atoms with Crippen LogP contribution >= 0.6 is 39.5 Å². The number of anilines is 1. The van der Waals surface area contributed by atoms with E-state index in [-0.39, 0.29) is 5.91 Å². The number of benzene rings is 1. The van der Waals surface area contributed by atoms with Crippen molar-refractivity contribution < 1.29 is 4.79 Å². The van der Waals surface area contributed by atoms with Gasteiger partial charge in [0, 0.05) is 10.0 Å². The van der Waals surface area contributed by atoms with Crippen molar-refractivity contribution in [2.24, 2.45) is 5.73 Å². The molecule has 2 rings (SSSR count). The quantitative estimate of drug-likeness (QED) is 0.826. The number of halogens is 1. The standard InChI is InChI=1S/C13H11BrN2OS2/c1-7-4-5-19-11(7)13(17)16-10-3-2-8(12(15)18)6-9(10)14/h2-6H,1H3,(H2,15,18)(H,16,17). The number of thiophene rings is 1. The smallest absolute Gasteiger partial charge is 0.266 e. The molecule has 0 aliphatic rings. The third-order valence-electron chi connectivity index (χ3n) is 2.57. The first-order valence-corrected chi connectivity index (χ1v) is 7.52. The number of carbonyl (C=O) groups is 1. The van der Waals surface area contributed by atoms with Crippen molar-refractivity contribution in [3.05, 3.63) is 50.1 Å². The molecule has 0 saturated carbocycles. The number of amides is 1. The third kappa shape index (κ3) is 3.20. The van der Waals surface area contributed by atoms with Gasteiger partial charge in [-0.2, -0.15) is 0 Å². The Kier molecular flexibility index (Phi) is 4.34. The van der Waals surface area contributed by atoms with Crippen molar-refractivity contribution in [3.8, 4) is 0 Å².